The highest BCUT2D eigenvalue weighted by Gasteiger charge is 2.27. The molecule has 1 heterocycles. The third-order valence-electron chi connectivity index (χ3n) is 4.52. The van der Waals surface area contributed by atoms with Crippen molar-refractivity contribution < 1.29 is 23.5 Å². The van der Waals surface area contributed by atoms with E-state index >= 15 is 0 Å². The molecule has 1 unspecified atom stereocenters. The molecule has 5 nitrogen and oxygen atoms in total. The minimum absolute atomic E-state index is 0.313. The minimum Gasteiger partial charge on any atom is -0.481 e. The third-order valence-corrected chi connectivity index (χ3v) is 4.52. The van der Waals surface area contributed by atoms with E-state index in [2.05, 4.69) is 5.16 Å². The van der Waals surface area contributed by atoms with Gasteiger partial charge in [0.1, 0.15) is 18.2 Å². The van der Waals surface area contributed by atoms with Gasteiger partial charge >= 0.3 is 5.97 Å². The van der Waals surface area contributed by atoms with Crippen LogP contribution in [0.1, 0.15) is 12.0 Å². The quantitative estimate of drug-likeness (QED) is 0.458. The molecule has 0 radical (unpaired) electrons. The molecule has 3 rings (SSSR count). The summed E-state index contributed by atoms with van der Waals surface area (Å²) in [5.41, 5.74) is 1.74. The Kier molecular flexibility index (Phi) is 6.13. The lowest BCUT2D eigenvalue weighted by Crippen LogP contribution is -2.26. The Balaban J connectivity index is 1.57. The van der Waals surface area contributed by atoms with E-state index in [1.807, 2.05) is 4.90 Å². The predicted molar refractivity (Wildman–Crippen MR) is 97.5 cm³/mol. The molecule has 1 aliphatic heterocycles. The summed E-state index contributed by atoms with van der Waals surface area (Å²) in [5, 5.41) is 12.9. The van der Waals surface area contributed by atoms with Crippen LogP contribution in [0.25, 0.3) is 11.1 Å². The Labute approximate surface area is 155 Å². The highest BCUT2D eigenvalue weighted by molar-refractivity contribution is 5.90. The largest absolute Gasteiger partial charge is 0.481 e. The number of nitrogens with zero attached hydrogens (tertiary/aromatic N) is 2. The van der Waals surface area contributed by atoms with E-state index in [1.165, 1.54) is 18.3 Å². The molecule has 142 valence electrons. The number of hydrogen-bond acceptors (Lipinski definition) is 4. The van der Waals surface area contributed by atoms with Gasteiger partial charge in [-0.25, -0.2) is 8.78 Å². The van der Waals surface area contributed by atoms with Crippen molar-refractivity contribution >= 4 is 12.2 Å². The Morgan fingerprint density at radius 2 is 2.00 bits per heavy atom. The molecule has 2 aromatic rings. The summed E-state index contributed by atoms with van der Waals surface area (Å²) in [6.07, 6.45) is 2.15. The summed E-state index contributed by atoms with van der Waals surface area (Å²) in [6, 6.07) is 10.5. The van der Waals surface area contributed by atoms with E-state index in [0.29, 0.717) is 42.8 Å². The fraction of sp³-hybridized carbons (Fsp3) is 0.300. The number of oxime groups is 1. The average molecular weight is 374 g/mol. The van der Waals surface area contributed by atoms with Gasteiger partial charge in [-0.05, 0) is 36.2 Å². The molecule has 1 aliphatic rings. The molecule has 7 heteroatoms. The van der Waals surface area contributed by atoms with Crippen LogP contribution >= 0.6 is 0 Å². The fourth-order valence-electron chi connectivity index (χ4n) is 3.14. The van der Waals surface area contributed by atoms with Crippen molar-refractivity contribution in [3.05, 3.63) is 59.7 Å². The number of rotatable bonds is 7. The lowest BCUT2D eigenvalue weighted by molar-refractivity contribution is -0.141. The van der Waals surface area contributed by atoms with Gasteiger partial charge in [0.05, 0.1) is 12.1 Å². The maximum absolute atomic E-state index is 13.5. The summed E-state index contributed by atoms with van der Waals surface area (Å²) >= 11 is 0. The number of carbonyl (C=O) groups is 1. The number of carboxylic acids is 1. The number of hydrogen-bond donors (Lipinski definition) is 1. The van der Waals surface area contributed by atoms with Crippen LogP contribution in [0.3, 0.4) is 0 Å². The number of benzene rings is 2. The van der Waals surface area contributed by atoms with Gasteiger partial charge in [0.25, 0.3) is 0 Å². The van der Waals surface area contributed by atoms with Crippen molar-refractivity contribution in [1.29, 1.82) is 0 Å². The maximum Gasteiger partial charge on any atom is 0.307 e. The van der Waals surface area contributed by atoms with Crippen LogP contribution in [0.4, 0.5) is 8.78 Å². The molecule has 0 spiro atoms. The maximum atomic E-state index is 13.5. The Bertz CT molecular complexity index is 821. The zero-order valence-corrected chi connectivity index (χ0v) is 14.6. The molecule has 27 heavy (non-hydrogen) atoms. The minimum atomic E-state index is -0.762. The molecule has 1 fully saturated rings. The second kappa shape index (κ2) is 8.73. The molecule has 0 bridgehead atoms. The fourth-order valence-corrected chi connectivity index (χ4v) is 3.14. The van der Waals surface area contributed by atoms with Gasteiger partial charge in [-0.1, -0.05) is 29.4 Å². The van der Waals surface area contributed by atoms with Crippen molar-refractivity contribution in [2.75, 3.05) is 26.2 Å². The second-order valence-electron chi connectivity index (χ2n) is 6.44. The van der Waals surface area contributed by atoms with Gasteiger partial charge in [0, 0.05) is 24.7 Å². The molecule has 2 aromatic carbocycles. The molecule has 1 saturated heterocycles. The lowest BCUT2D eigenvalue weighted by atomic mass is 10.0. The summed E-state index contributed by atoms with van der Waals surface area (Å²) < 4.78 is 27.0. The smallest absolute Gasteiger partial charge is 0.307 e. The van der Waals surface area contributed by atoms with Crippen LogP contribution in [0, 0.1) is 17.6 Å². The summed E-state index contributed by atoms with van der Waals surface area (Å²) in [6.45, 7) is 2.19. The Morgan fingerprint density at radius 3 is 2.70 bits per heavy atom. The van der Waals surface area contributed by atoms with Gasteiger partial charge in [0.15, 0.2) is 0 Å². The highest BCUT2D eigenvalue weighted by Crippen LogP contribution is 2.24. The number of likely N-dealkylation sites (tertiary alicyclic amines) is 1. The van der Waals surface area contributed by atoms with Crippen LogP contribution < -0.4 is 0 Å². The van der Waals surface area contributed by atoms with Crippen LogP contribution in [0.15, 0.2) is 47.6 Å². The van der Waals surface area contributed by atoms with Gasteiger partial charge in [0.2, 0.25) is 0 Å². The first kappa shape index (κ1) is 19.0. The van der Waals surface area contributed by atoms with Crippen molar-refractivity contribution in [2.24, 2.45) is 11.1 Å². The standard InChI is InChI=1S/C20H20F2N2O3/c21-17-9-16(10-18(22)11-17)19-4-2-1-3-14(19)12-23-27-8-7-24-6-5-15(13-24)20(25)26/h1-4,9-12,15H,5-8,13H2,(H,25,26)/b23-12+. The zero-order chi connectivity index (χ0) is 19.2. The van der Waals surface area contributed by atoms with Gasteiger partial charge in [-0.15, -0.1) is 0 Å². The first-order chi connectivity index (χ1) is 13.0. The zero-order valence-electron chi connectivity index (χ0n) is 14.6. The van der Waals surface area contributed by atoms with E-state index in [-0.39, 0.29) is 5.92 Å². The monoisotopic (exact) mass is 374 g/mol. The molecule has 0 aromatic heterocycles. The lowest BCUT2D eigenvalue weighted by Gasteiger charge is -2.13. The van der Waals surface area contributed by atoms with E-state index in [1.54, 1.807) is 24.3 Å². The van der Waals surface area contributed by atoms with Crippen molar-refractivity contribution in [3.63, 3.8) is 0 Å². The highest BCUT2D eigenvalue weighted by atomic mass is 19.1. The van der Waals surface area contributed by atoms with E-state index in [4.69, 9.17) is 9.94 Å². The number of halogens is 2. The van der Waals surface area contributed by atoms with Gasteiger partial charge in [-0.2, -0.15) is 0 Å². The van der Waals surface area contributed by atoms with Crippen molar-refractivity contribution in [2.45, 2.75) is 6.42 Å². The second-order valence-corrected chi connectivity index (χ2v) is 6.44. The van der Waals surface area contributed by atoms with E-state index in [0.717, 1.165) is 12.6 Å². The molecular weight excluding hydrogens is 354 g/mol. The van der Waals surface area contributed by atoms with Crippen LogP contribution in [-0.4, -0.2) is 48.4 Å². The molecule has 0 saturated carbocycles. The molecule has 0 amide bonds. The summed E-state index contributed by atoms with van der Waals surface area (Å²) in [4.78, 5) is 18.2. The van der Waals surface area contributed by atoms with Gasteiger partial charge in [-0.3, -0.25) is 9.69 Å². The number of carboxylic acid groups (broad SMARTS) is 1. The van der Waals surface area contributed by atoms with Crippen LogP contribution in [0.2, 0.25) is 0 Å². The average Bonchev–Trinajstić information content (AvgIpc) is 3.10. The third kappa shape index (κ3) is 5.10. The summed E-state index contributed by atoms with van der Waals surface area (Å²) in [5.74, 6) is -2.36. The Hall–Kier alpha value is -2.80. The topological polar surface area (TPSA) is 62.1 Å². The van der Waals surface area contributed by atoms with Crippen LogP contribution in [0.5, 0.6) is 0 Å². The van der Waals surface area contributed by atoms with Crippen molar-refractivity contribution in [3.8, 4) is 11.1 Å². The predicted octanol–water partition coefficient (Wildman–Crippen LogP) is 3.39. The molecular formula is C20H20F2N2O3. The van der Waals surface area contributed by atoms with Crippen LogP contribution in [-0.2, 0) is 9.63 Å². The van der Waals surface area contributed by atoms with E-state index in [9.17, 15) is 13.6 Å². The summed E-state index contributed by atoms with van der Waals surface area (Å²) in [7, 11) is 0. The van der Waals surface area contributed by atoms with E-state index < -0.39 is 17.6 Å². The molecule has 1 atom stereocenters. The van der Waals surface area contributed by atoms with Crippen molar-refractivity contribution in [1.82, 2.24) is 4.90 Å². The molecule has 1 N–H and O–H groups in total. The molecule has 0 aliphatic carbocycles. The Morgan fingerprint density at radius 1 is 1.26 bits per heavy atom. The normalized spacial score (nSPS) is 17.5. The first-order valence-corrected chi connectivity index (χ1v) is 8.69. The number of aliphatic carboxylic acids is 1. The SMILES string of the molecule is O=C(O)C1CCN(CCO/N=C/c2ccccc2-c2cc(F)cc(F)c2)C1. The first-order valence-electron chi connectivity index (χ1n) is 8.69. The van der Waals surface area contributed by atoms with Gasteiger partial charge < -0.3 is 9.94 Å².